The molecule has 166 valence electrons. The fourth-order valence-electron chi connectivity index (χ4n) is 4.12. The number of carbonyl (C=O) groups excluding carboxylic acids is 2. The number of sulfone groups is 1. The van der Waals surface area contributed by atoms with Crippen LogP contribution in [-0.4, -0.2) is 38.8 Å². The second-order valence-electron chi connectivity index (χ2n) is 7.66. The summed E-state index contributed by atoms with van der Waals surface area (Å²) in [5.74, 6) is -2.61. The third kappa shape index (κ3) is 3.87. The third-order valence-electron chi connectivity index (χ3n) is 5.79. The van der Waals surface area contributed by atoms with Crippen LogP contribution in [0.15, 0.2) is 53.4 Å². The van der Waals surface area contributed by atoms with Gasteiger partial charge in [0, 0.05) is 5.92 Å². The molecule has 0 spiro atoms. The van der Waals surface area contributed by atoms with Crippen LogP contribution in [0.5, 0.6) is 0 Å². The second-order valence-corrected chi connectivity index (χ2v) is 9.73. The van der Waals surface area contributed by atoms with Gasteiger partial charge in [-0.25, -0.2) is 8.42 Å². The maximum atomic E-state index is 13.6. The summed E-state index contributed by atoms with van der Waals surface area (Å²) in [6.07, 6.45) is 0.816. The smallest absolute Gasteiger partial charge is 0.325 e. The molecule has 0 radical (unpaired) electrons. The van der Waals surface area contributed by atoms with E-state index in [1.54, 1.807) is 38.1 Å². The van der Waals surface area contributed by atoms with Gasteiger partial charge in [0.2, 0.25) is 0 Å². The minimum atomic E-state index is -4.03. The lowest BCUT2D eigenvalue weighted by Gasteiger charge is -2.15. The molecule has 1 fully saturated rings. The zero-order valence-electron chi connectivity index (χ0n) is 18.3. The summed E-state index contributed by atoms with van der Waals surface area (Å²) < 4.78 is 37.7. The van der Waals surface area contributed by atoms with Gasteiger partial charge in [-0.15, -0.1) is 0 Å². The van der Waals surface area contributed by atoms with Crippen LogP contribution in [0.4, 0.5) is 0 Å². The molecule has 1 aliphatic carbocycles. The number of hydrogen-bond acceptors (Lipinski definition) is 6. The number of ether oxygens (including phenoxy) is 2. The molecule has 31 heavy (non-hydrogen) atoms. The van der Waals surface area contributed by atoms with Crippen molar-refractivity contribution in [1.82, 2.24) is 0 Å². The number of rotatable bonds is 8. The summed E-state index contributed by atoms with van der Waals surface area (Å²) in [6.45, 7) is 7.16. The van der Waals surface area contributed by atoms with Crippen molar-refractivity contribution in [3.8, 4) is 0 Å². The minimum Gasteiger partial charge on any atom is -0.465 e. The molecule has 0 amide bonds. The SMILES string of the molecule is CCOC(=O)C1(C(=O)OCC)C(c2ccc(CC)cc2)C1S(=O)(=O)c1ccc(C)cc1. The van der Waals surface area contributed by atoms with Gasteiger partial charge in [0.25, 0.3) is 0 Å². The van der Waals surface area contributed by atoms with Crippen molar-refractivity contribution in [2.75, 3.05) is 13.2 Å². The summed E-state index contributed by atoms with van der Waals surface area (Å²) >= 11 is 0. The first-order chi connectivity index (χ1) is 14.7. The van der Waals surface area contributed by atoms with Crippen LogP contribution >= 0.6 is 0 Å². The van der Waals surface area contributed by atoms with Gasteiger partial charge in [-0.2, -0.15) is 0 Å². The summed E-state index contributed by atoms with van der Waals surface area (Å²) in [5.41, 5.74) is 0.645. The normalized spacial score (nSPS) is 19.5. The molecule has 7 heteroatoms. The molecule has 2 atom stereocenters. The van der Waals surface area contributed by atoms with E-state index < -0.39 is 38.4 Å². The van der Waals surface area contributed by atoms with Gasteiger partial charge in [0.1, 0.15) is 5.25 Å². The Hall–Kier alpha value is -2.67. The average Bonchev–Trinajstić information content (AvgIpc) is 3.47. The molecule has 0 aromatic heterocycles. The van der Waals surface area contributed by atoms with Crippen molar-refractivity contribution in [2.45, 2.75) is 50.2 Å². The van der Waals surface area contributed by atoms with Crippen molar-refractivity contribution < 1.29 is 27.5 Å². The van der Waals surface area contributed by atoms with Crippen LogP contribution in [0.1, 0.15) is 43.4 Å². The third-order valence-corrected chi connectivity index (χ3v) is 8.03. The Kier molecular flexibility index (Phi) is 6.55. The molecule has 0 N–H and O–H groups in total. The van der Waals surface area contributed by atoms with E-state index in [0.29, 0.717) is 5.56 Å². The van der Waals surface area contributed by atoms with Gasteiger partial charge < -0.3 is 9.47 Å². The van der Waals surface area contributed by atoms with Crippen LogP contribution in [0.3, 0.4) is 0 Å². The number of aryl methyl sites for hydroxylation is 2. The largest absolute Gasteiger partial charge is 0.465 e. The highest BCUT2D eigenvalue weighted by Gasteiger charge is 2.81. The van der Waals surface area contributed by atoms with Crippen molar-refractivity contribution in [3.05, 3.63) is 65.2 Å². The van der Waals surface area contributed by atoms with Crippen molar-refractivity contribution in [1.29, 1.82) is 0 Å². The Bertz CT molecular complexity index is 1040. The van der Waals surface area contributed by atoms with E-state index in [1.165, 1.54) is 12.1 Å². The summed E-state index contributed by atoms with van der Waals surface area (Å²) in [5, 5.41) is -1.30. The maximum absolute atomic E-state index is 13.6. The topological polar surface area (TPSA) is 86.7 Å². The standard InChI is InChI=1S/C24H28O6S/c1-5-17-10-12-18(13-11-17)20-21(31(27,28)19-14-8-16(4)9-15-19)24(20,22(25)29-6-2)23(26)30-7-3/h8-15,20-21H,5-7H2,1-4H3. The van der Waals surface area contributed by atoms with Crippen LogP contribution < -0.4 is 0 Å². The van der Waals surface area contributed by atoms with Gasteiger partial charge in [0.05, 0.1) is 18.1 Å². The Morgan fingerprint density at radius 1 is 0.871 bits per heavy atom. The molecule has 3 rings (SSSR count). The van der Waals surface area contributed by atoms with Crippen LogP contribution in [0.25, 0.3) is 0 Å². The Balaban J connectivity index is 2.18. The lowest BCUT2D eigenvalue weighted by Crippen LogP contribution is -2.35. The number of benzene rings is 2. The maximum Gasteiger partial charge on any atom is 0.325 e. The minimum absolute atomic E-state index is 0.0266. The lowest BCUT2D eigenvalue weighted by atomic mass is 9.98. The van der Waals surface area contributed by atoms with Gasteiger partial charge in [-0.3, -0.25) is 9.59 Å². The molecule has 0 saturated heterocycles. The van der Waals surface area contributed by atoms with Gasteiger partial charge in [-0.05, 0) is 50.5 Å². The second kappa shape index (κ2) is 8.83. The van der Waals surface area contributed by atoms with Crippen LogP contribution in [0, 0.1) is 12.3 Å². The van der Waals surface area contributed by atoms with E-state index >= 15 is 0 Å². The van der Waals surface area contributed by atoms with Crippen molar-refractivity contribution in [3.63, 3.8) is 0 Å². The number of carbonyl (C=O) groups is 2. The highest BCUT2D eigenvalue weighted by molar-refractivity contribution is 7.92. The molecule has 1 saturated carbocycles. The van der Waals surface area contributed by atoms with E-state index in [2.05, 4.69) is 0 Å². The van der Waals surface area contributed by atoms with Crippen LogP contribution in [0.2, 0.25) is 0 Å². The summed E-state index contributed by atoms with van der Waals surface area (Å²) in [6, 6.07) is 13.7. The van der Waals surface area contributed by atoms with Crippen molar-refractivity contribution >= 4 is 21.8 Å². The predicted molar refractivity (Wildman–Crippen MR) is 116 cm³/mol. The monoisotopic (exact) mass is 444 g/mol. The zero-order valence-corrected chi connectivity index (χ0v) is 19.1. The van der Waals surface area contributed by atoms with Gasteiger partial charge in [-0.1, -0.05) is 48.9 Å². The van der Waals surface area contributed by atoms with E-state index in [0.717, 1.165) is 17.5 Å². The van der Waals surface area contributed by atoms with Gasteiger partial charge in [0.15, 0.2) is 15.3 Å². The summed E-state index contributed by atoms with van der Waals surface area (Å²) in [7, 11) is -4.03. The first kappa shape index (κ1) is 23.0. The molecule has 2 unspecified atom stereocenters. The van der Waals surface area contributed by atoms with Crippen LogP contribution in [-0.2, 0) is 35.3 Å². The fraction of sp³-hybridized carbons (Fsp3) is 0.417. The molecule has 6 nitrogen and oxygen atoms in total. The molecule has 0 aliphatic heterocycles. The van der Waals surface area contributed by atoms with E-state index in [4.69, 9.17) is 9.47 Å². The highest BCUT2D eigenvalue weighted by Crippen LogP contribution is 2.65. The fourth-order valence-corrected chi connectivity index (χ4v) is 6.41. The Morgan fingerprint density at radius 3 is 1.84 bits per heavy atom. The predicted octanol–water partition coefficient (Wildman–Crippen LogP) is 3.61. The summed E-state index contributed by atoms with van der Waals surface area (Å²) in [4.78, 5) is 26.3. The first-order valence-corrected chi connectivity index (χ1v) is 12.0. The first-order valence-electron chi connectivity index (χ1n) is 10.5. The quantitative estimate of drug-likeness (QED) is 0.457. The van der Waals surface area contributed by atoms with E-state index in [1.807, 2.05) is 26.0 Å². The Morgan fingerprint density at radius 2 is 1.39 bits per heavy atom. The van der Waals surface area contributed by atoms with Crippen molar-refractivity contribution in [2.24, 2.45) is 5.41 Å². The van der Waals surface area contributed by atoms with Gasteiger partial charge >= 0.3 is 11.9 Å². The highest BCUT2D eigenvalue weighted by atomic mass is 32.2. The van der Waals surface area contributed by atoms with E-state index in [9.17, 15) is 18.0 Å². The molecule has 2 aromatic carbocycles. The molecule has 1 aliphatic rings. The molecule has 0 heterocycles. The molecule has 0 bridgehead atoms. The molecular formula is C24H28O6S. The molecular weight excluding hydrogens is 416 g/mol. The number of hydrogen-bond donors (Lipinski definition) is 0. The lowest BCUT2D eigenvalue weighted by molar-refractivity contribution is -0.164. The Labute approximate surface area is 183 Å². The molecule has 2 aromatic rings. The zero-order chi connectivity index (χ0) is 22.8. The van der Waals surface area contributed by atoms with E-state index in [-0.39, 0.29) is 18.1 Å². The average molecular weight is 445 g/mol. The number of esters is 2.